The van der Waals surface area contributed by atoms with Crippen molar-refractivity contribution in [1.82, 2.24) is 15.0 Å². The summed E-state index contributed by atoms with van der Waals surface area (Å²) in [5, 5.41) is 4.13. The van der Waals surface area contributed by atoms with Crippen LogP contribution in [-0.4, -0.2) is 53.6 Å². The van der Waals surface area contributed by atoms with Gasteiger partial charge in [0.2, 0.25) is 5.89 Å². The van der Waals surface area contributed by atoms with Crippen LogP contribution in [0.1, 0.15) is 58.2 Å². The van der Waals surface area contributed by atoms with Crippen molar-refractivity contribution in [3.63, 3.8) is 0 Å². The second kappa shape index (κ2) is 7.28. The molecule has 6 heteroatoms. The van der Waals surface area contributed by atoms with Gasteiger partial charge in [0.15, 0.2) is 5.82 Å². The first-order valence-electron chi connectivity index (χ1n) is 8.79. The molecule has 0 spiro atoms. The van der Waals surface area contributed by atoms with E-state index in [1.807, 2.05) is 0 Å². The lowest BCUT2D eigenvalue weighted by atomic mass is 9.96. The zero-order valence-electron chi connectivity index (χ0n) is 14.6. The fraction of sp³-hybridized carbons (Fsp3) is 0.882. The molecule has 0 saturated carbocycles. The molecule has 0 aliphatic carbocycles. The van der Waals surface area contributed by atoms with Crippen LogP contribution in [0.3, 0.4) is 0 Å². The average Bonchev–Trinajstić information content (AvgIpc) is 3.18. The molecule has 0 bridgehead atoms. The SMILES string of the molecule is CC(C)(C)c1noc(CN(C[C@@H]2CCCO2)C[C@@H]2CCCO2)n1. The summed E-state index contributed by atoms with van der Waals surface area (Å²) in [4.78, 5) is 6.92. The van der Waals surface area contributed by atoms with E-state index in [0.717, 1.165) is 57.8 Å². The van der Waals surface area contributed by atoms with Crippen LogP contribution in [0, 0.1) is 0 Å². The maximum absolute atomic E-state index is 5.80. The summed E-state index contributed by atoms with van der Waals surface area (Å²) in [5.74, 6) is 1.45. The van der Waals surface area contributed by atoms with Crippen molar-refractivity contribution in [2.75, 3.05) is 26.3 Å². The normalized spacial score (nSPS) is 25.6. The Morgan fingerprint density at radius 3 is 2.09 bits per heavy atom. The standard InChI is InChI=1S/C17H29N3O3/c1-17(2,3)16-18-15(23-19-16)12-20(10-13-6-4-8-21-13)11-14-7-5-9-22-14/h13-14H,4-12H2,1-3H3/t13-,14-/m0/s1. The first kappa shape index (κ1) is 16.9. The summed E-state index contributed by atoms with van der Waals surface area (Å²) in [7, 11) is 0. The van der Waals surface area contributed by atoms with E-state index < -0.39 is 0 Å². The van der Waals surface area contributed by atoms with Gasteiger partial charge in [0.05, 0.1) is 18.8 Å². The number of rotatable bonds is 6. The third-order valence-corrected chi connectivity index (χ3v) is 4.47. The van der Waals surface area contributed by atoms with Gasteiger partial charge in [-0.2, -0.15) is 4.98 Å². The van der Waals surface area contributed by atoms with Crippen LogP contribution in [0.5, 0.6) is 0 Å². The molecule has 23 heavy (non-hydrogen) atoms. The molecule has 2 aliphatic heterocycles. The van der Waals surface area contributed by atoms with Gasteiger partial charge in [-0.3, -0.25) is 4.90 Å². The monoisotopic (exact) mass is 323 g/mol. The Labute approximate surface area is 138 Å². The summed E-state index contributed by atoms with van der Waals surface area (Å²) in [6.45, 7) is 10.5. The maximum atomic E-state index is 5.80. The molecule has 2 fully saturated rings. The number of hydrogen-bond acceptors (Lipinski definition) is 6. The summed E-state index contributed by atoms with van der Waals surface area (Å²) in [5.41, 5.74) is -0.0876. The predicted octanol–water partition coefficient (Wildman–Crippen LogP) is 2.53. The smallest absolute Gasteiger partial charge is 0.240 e. The lowest BCUT2D eigenvalue weighted by Gasteiger charge is -2.26. The molecule has 3 heterocycles. The van der Waals surface area contributed by atoms with Gasteiger partial charge >= 0.3 is 0 Å². The first-order chi connectivity index (χ1) is 11.0. The molecule has 1 aromatic rings. The largest absolute Gasteiger partial charge is 0.377 e. The zero-order chi connectivity index (χ0) is 16.3. The molecule has 0 radical (unpaired) electrons. The lowest BCUT2D eigenvalue weighted by molar-refractivity contribution is 0.0309. The molecule has 2 atom stereocenters. The van der Waals surface area contributed by atoms with E-state index in [1.165, 1.54) is 0 Å². The Morgan fingerprint density at radius 2 is 1.65 bits per heavy atom. The van der Waals surface area contributed by atoms with Gasteiger partial charge in [0.1, 0.15) is 0 Å². The molecule has 130 valence electrons. The van der Waals surface area contributed by atoms with E-state index in [0.29, 0.717) is 24.6 Å². The van der Waals surface area contributed by atoms with E-state index in [1.54, 1.807) is 0 Å². The third kappa shape index (κ3) is 4.75. The Bertz CT molecular complexity index is 468. The van der Waals surface area contributed by atoms with Crippen molar-refractivity contribution < 1.29 is 14.0 Å². The molecular weight excluding hydrogens is 294 g/mol. The molecule has 6 nitrogen and oxygen atoms in total. The highest BCUT2D eigenvalue weighted by atomic mass is 16.5. The highest BCUT2D eigenvalue weighted by Crippen LogP contribution is 2.21. The van der Waals surface area contributed by atoms with Crippen LogP contribution >= 0.6 is 0 Å². The average molecular weight is 323 g/mol. The minimum absolute atomic E-state index is 0.0876. The highest BCUT2D eigenvalue weighted by Gasteiger charge is 2.26. The van der Waals surface area contributed by atoms with Gasteiger partial charge < -0.3 is 14.0 Å². The van der Waals surface area contributed by atoms with Crippen LogP contribution in [0.15, 0.2) is 4.52 Å². The second-order valence-electron chi connectivity index (χ2n) is 7.73. The van der Waals surface area contributed by atoms with Gasteiger partial charge in [-0.15, -0.1) is 0 Å². The lowest BCUT2D eigenvalue weighted by Crippen LogP contribution is -2.37. The van der Waals surface area contributed by atoms with Crippen molar-refractivity contribution in [3.8, 4) is 0 Å². The third-order valence-electron chi connectivity index (χ3n) is 4.47. The molecular formula is C17H29N3O3. The van der Waals surface area contributed by atoms with Crippen LogP contribution in [0.25, 0.3) is 0 Å². The van der Waals surface area contributed by atoms with Crippen molar-refractivity contribution in [2.45, 2.75) is 70.6 Å². The van der Waals surface area contributed by atoms with E-state index in [9.17, 15) is 0 Å². The summed E-state index contributed by atoms with van der Waals surface area (Å²) in [6.07, 6.45) is 5.24. The number of nitrogens with zero attached hydrogens (tertiary/aromatic N) is 3. The van der Waals surface area contributed by atoms with Crippen LogP contribution in [0.2, 0.25) is 0 Å². The predicted molar refractivity (Wildman–Crippen MR) is 86.2 cm³/mol. The van der Waals surface area contributed by atoms with Gasteiger partial charge in [-0.25, -0.2) is 0 Å². The minimum Gasteiger partial charge on any atom is -0.377 e. The van der Waals surface area contributed by atoms with E-state index >= 15 is 0 Å². The number of aromatic nitrogens is 2. The Balaban J connectivity index is 1.62. The van der Waals surface area contributed by atoms with Crippen molar-refractivity contribution >= 4 is 0 Å². The van der Waals surface area contributed by atoms with Crippen LogP contribution in [-0.2, 0) is 21.4 Å². The Hall–Kier alpha value is -0.980. The highest BCUT2D eigenvalue weighted by molar-refractivity contribution is 5.00. The van der Waals surface area contributed by atoms with Gasteiger partial charge in [-0.05, 0) is 25.7 Å². The van der Waals surface area contributed by atoms with Crippen molar-refractivity contribution in [3.05, 3.63) is 11.7 Å². The molecule has 2 aliphatic rings. The minimum atomic E-state index is -0.0876. The van der Waals surface area contributed by atoms with E-state index in [-0.39, 0.29) is 5.41 Å². The van der Waals surface area contributed by atoms with Gasteiger partial charge in [0.25, 0.3) is 0 Å². The number of hydrogen-bond donors (Lipinski definition) is 0. The number of ether oxygens (including phenoxy) is 2. The molecule has 1 aromatic heterocycles. The fourth-order valence-corrected chi connectivity index (χ4v) is 3.17. The first-order valence-corrected chi connectivity index (χ1v) is 8.79. The Kier molecular flexibility index (Phi) is 5.34. The van der Waals surface area contributed by atoms with E-state index in [4.69, 9.17) is 14.0 Å². The fourth-order valence-electron chi connectivity index (χ4n) is 3.17. The quantitative estimate of drug-likeness (QED) is 0.802. The molecule has 0 amide bonds. The molecule has 2 saturated heterocycles. The summed E-state index contributed by atoms with van der Waals surface area (Å²) in [6, 6.07) is 0. The van der Waals surface area contributed by atoms with Gasteiger partial charge in [0, 0.05) is 31.7 Å². The van der Waals surface area contributed by atoms with Crippen LogP contribution in [0.4, 0.5) is 0 Å². The molecule has 0 unspecified atom stereocenters. The van der Waals surface area contributed by atoms with Gasteiger partial charge in [-0.1, -0.05) is 25.9 Å². The zero-order valence-corrected chi connectivity index (χ0v) is 14.6. The second-order valence-corrected chi connectivity index (χ2v) is 7.73. The van der Waals surface area contributed by atoms with Crippen molar-refractivity contribution in [2.24, 2.45) is 0 Å². The van der Waals surface area contributed by atoms with E-state index in [2.05, 4.69) is 35.8 Å². The summed E-state index contributed by atoms with van der Waals surface area (Å²) >= 11 is 0. The van der Waals surface area contributed by atoms with Crippen LogP contribution < -0.4 is 0 Å². The topological polar surface area (TPSA) is 60.6 Å². The molecule has 0 N–H and O–H groups in total. The molecule has 3 rings (SSSR count). The van der Waals surface area contributed by atoms with Crippen molar-refractivity contribution in [1.29, 1.82) is 0 Å². The molecule has 0 aromatic carbocycles. The Morgan fingerprint density at radius 1 is 1.04 bits per heavy atom. The maximum Gasteiger partial charge on any atom is 0.240 e. The summed E-state index contributed by atoms with van der Waals surface area (Å²) < 4.78 is 17.1.